The lowest BCUT2D eigenvalue weighted by Gasteiger charge is -2.10. The molecule has 0 bridgehead atoms. The molecule has 2 aromatic heterocycles. The summed E-state index contributed by atoms with van der Waals surface area (Å²) < 4.78 is 14.2. The Bertz CT molecular complexity index is 858. The van der Waals surface area contributed by atoms with Crippen molar-refractivity contribution in [2.75, 3.05) is 0 Å². The lowest BCUT2D eigenvalue weighted by atomic mass is 10.1. The average Bonchev–Trinajstić information content (AvgIpc) is 3.30. The highest BCUT2D eigenvalue weighted by Crippen LogP contribution is 2.23. The second-order valence-corrected chi connectivity index (χ2v) is 6.27. The average molecular weight is 342 g/mol. The normalized spacial score (nSPS) is 12.4. The zero-order valence-corrected chi connectivity index (χ0v) is 13.2. The monoisotopic (exact) mass is 342 g/mol. The van der Waals surface area contributed by atoms with Crippen molar-refractivity contribution in [3.63, 3.8) is 0 Å². The number of aromatic amines is 1. The number of hydrogen-bond donors (Lipinski definition) is 3. The van der Waals surface area contributed by atoms with Gasteiger partial charge in [-0.2, -0.15) is 9.07 Å². The SMILES string of the molecule is O=C(/C=C/c1ccn([S+]([O-])c2cccc(-c3cn[nH]c3)c2)c1)NO. The van der Waals surface area contributed by atoms with E-state index in [1.54, 1.807) is 40.9 Å². The van der Waals surface area contributed by atoms with Crippen LogP contribution < -0.4 is 5.48 Å². The summed E-state index contributed by atoms with van der Waals surface area (Å²) in [5.74, 6) is -0.628. The minimum atomic E-state index is -1.41. The molecule has 3 N–H and O–H groups in total. The third kappa shape index (κ3) is 3.57. The van der Waals surface area contributed by atoms with Crippen molar-refractivity contribution in [2.24, 2.45) is 0 Å². The van der Waals surface area contributed by atoms with Gasteiger partial charge in [0.1, 0.15) is 11.4 Å². The summed E-state index contributed by atoms with van der Waals surface area (Å²) in [6, 6.07) is 9.11. The van der Waals surface area contributed by atoms with Crippen molar-refractivity contribution in [3.05, 3.63) is 66.8 Å². The number of amides is 1. The summed E-state index contributed by atoms with van der Waals surface area (Å²) in [6.45, 7) is 0. The number of aromatic nitrogens is 3. The van der Waals surface area contributed by atoms with Crippen LogP contribution in [0.25, 0.3) is 17.2 Å². The van der Waals surface area contributed by atoms with Crippen molar-refractivity contribution < 1.29 is 14.6 Å². The van der Waals surface area contributed by atoms with Crippen LogP contribution in [-0.4, -0.2) is 29.8 Å². The molecule has 1 atom stereocenters. The van der Waals surface area contributed by atoms with Gasteiger partial charge in [-0.1, -0.05) is 12.1 Å². The lowest BCUT2D eigenvalue weighted by molar-refractivity contribution is -0.124. The van der Waals surface area contributed by atoms with E-state index in [9.17, 15) is 9.35 Å². The van der Waals surface area contributed by atoms with Crippen LogP contribution in [-0.2, 0) is 16.2 Å². The Hall–Kier alpha value is -2.81. The molecule has 1 unspecified atom stereocenters. The van der Waals surface area contributed by atoms with E-state index in [1.165, 1.54) is 17.6 Å². The maximum absolute atomic E-state index is 12.7. The third-order valence-electron chi connectivity index (χ3n) is 3.29. The Morgan fingerprint density at radius 3 is 3.00 bits per heavy atom. The van der Waals surface area contributed by atoms with Crippen LogP contribution in [0.5, 0.6) is 0 Å². The summed E-state index contributed by atoms with van der Waals surface area (Å²) in [4.78, 5) is 11.6. The van der Waals surface area contributed by atoms with Gasteiger partial charge in [0.25, 0.3) is 5.91 Å². The fraction of sp³-hybridized carbons (Fsp3) is 0. The van der Waals surface area contributed by atoms with Gasteiger partial charge in [0.05, 0.1) is 18.6 Å². The fourth-order valence-electron chi connectivity index (χ4n) is 2.12. The van der Waals surface area contributed by atoms with Gasteiger partial charge >= 0.3 is 0 Å². The van der Waals surface area contributed by atoms with E-state index in [0.29, 0.717) is 10.5 Å². The number of nitrogens with one attached hydrogen (secondary N) is 2. The maximum Gasteiger partial charge on any atom is 0.267 e. The number of benzene rings is 1. The Balaban J connectivity index is 1.81. The summed E-state index contributed by atoms with van der Waals surface area (Å²) in [6.07, 6.45) is 9.49. The van der Waals surface area contributed by atoms with Crippen molar-refractivity contribution in [1.82, 2.24) is 19.6 Å². The van der Waals surface area contributed by atoms with E-state index in [0.717, 1.165) is 11.1 Å². The van der Waals surface area contributed by atoms with E-state index in [2.05, 4.69) is 10.2 Å². The number of hydroxylamine groups is 1. The van der Waals surface area contributed by atoms with E-state index in [-0.39, 0.29) is 0 Å². The molecule has 122 valence electrons. The topological polar surface area (TPSA) is 106 Å². The standard InChI is InChI=1S/C16H14N4O3S/c21-16(19-22)5-4-12-6-7-20(11-12)24(23)15-3-1-2-13(8-15)14-9-17-18-10-14/h1-11,22H,(H,17,18)(H,19,21)/b5-4+. The highest BCUT2D eigenvalue weighted by Gasteiger charge is 2.15. The zero-order chi connectivity index (χ0) is 16.9. The lowest BCUT2D eigenvalue weighted by Crippen LogP contribution is -2.14. The van der Waals surface area contributed by atoms with Gasteiger partial charge < -0.3 is 4.55 Å². The molecule has 0 fully saturated rings. The van der Waals surface area contributed by atoms with Crippen molar-refractivity contribution in [2.45, 2.75) is 4.90 Å². The number of rotatable bonds is 5. The molecule has 0 aliphatic carbocycles. The van der Waals surface area contributed by atoms with Gasteiger partial charge in [0.2, 0.25) is 0 Å². The molecule has 0 radical (unpaired) electrons. The molecule has 3 rings (SSSR count). The van der Waals surface area contributed by atoms with Crippen LogP contribution in [0.3, 0.4) is 0 Å². The van der Waals surface area contributed by atoms with Crippen LogP contribution in [0.2, 0.25) is 0 Å². The molecule has 0 saturated carbocycles. The number of carbonyl (C=O) groups is 1. The van der Waals surface area contributed by atoms with Crippen LogP contribution in [0.4, 0.5) is 0 Å². The highest BCUT2D eigenvalue weighted by molar-refractivity contribution is 7.90. The summed E-state index contributed by atoms with van der Waals surface area (Å²) in [7, 11) is 0. The molecule has 7 nitrogen and oxygen atoms in total. The largest absolute Gasteiger partial charge is 0.587 e. The first-order valence-electron chi connectivity index (χ1n) is 6.99. The molecule has 3 aromatic rings. The smallest absolute Gasteiger partial charge is 0.267 e. The molecular formula is C16H14N4O3S. The number of hydrogen-bond acceptors (Lipinski definition) is 4. The quantitative estimate of drug-likeness (QED) is 0.285. The predicted octanol–water partition coefficient (Wildman–Crippen LogP) is 1.97. The van der Waals surface area contributed by atoms with Gasteiger partial charge in [-0.05, 0) is 29.3 Å². The Labute approximate surface area is 140 Å². The van der Waals surface area contributed by atoms with E-state index in [1.807, 2.05) is 18.2 Å². The molecule has 1 aromatic carbocycles. The predicted molar refractivity (Wildman–Crippen MR) is 89.2 cm³/mol. The summed E-state index contributed by atoms with van der Waals surface area (Å²) >= 11 is -1.41. The maximum atomic E-state index is 12.7. The van der Waals surface area contributed by atoms with Gasteiger partial charge in [-0.15, -0.1) is 0 Å². The van der Waals surface area contributed by atoms with Crippen molar-refractivity contribution in [3.8, 4) is 11.1 Å². The molecular weight excluding hydrogens is 328 g/mol. The highest BCUT2D eigenvalue weighted by atomic mass is 32.2. The fourth-order valence-corrected chi connectivity index (χ4v) is 3.17. The first kappa shape index (κ1) is 16.1. The van der Waals surface area contributed by atoms with Gasteiger partial charge in [0.15, 0.2) is 4.90 Å². The molecule has 0 saturated heterocycles. The first-order valence-corrected chi connectivity index (χ1v) is 8.09. The molecule has 0 spiro atoms. The second-order valence-electron chi connectivity index (χ2n) is 4.88. The Morgan fingerprint density at radius 2 is 2.25 bits per heavy atom. The number of nitrogens with zero attached hydrogens (tertiary/aromatic N) is 2. The second kappa shape index (κ2) is 7.18. The Morgan fingerprint density at radius 1 is 1.38 bits per heavy atom. The van der Waals surface area contributed by atoms with Gasteiger partial charge in [-0.3, -0.25) is 15.1 Å². The number of H-pyrrole nitrogens is 1. The van der Waals surface area contributed by atoms with Crippen LogP contribution in [0, 0.1) is 0 Å². The molecule has 24 heavy (non-hydrogen) atoms. The first-order chi connectivity index (χ1) is 11.7. The molecule has 0 aliphatic rings. The molecule has 8 heteroatoms. The molecule has 1 amide bonds. The van der Waals surface area contributed by atoms with Crippen LogP contribution in [0.1, 0.15) is 5.56 Å². The minimum absolute atomic E-state index is 0.628. The summed E-state index contributed by atoms with van der Waals surface area (Å²) in [5, 5.41) is 15.1. The van der Waals surface area contributed by atoms with Crippen LogP contribution in [0.15, 0.2) is 66.1 Å². The van der Waals surface area contributed by atoms with E-state index in [4.69, 9.17) is 5.21 Å². The minimum Gasteiger partial charge on any atom is -0.587 e. The van der Waals surface area contributed by atoms with E-state index < -0.39 is 17.3 Å². The molecule has 0 aliphatic heterocycles. The van der Waals surface area contributed by atoms with Gasteiger partial charge in [-0.25, -0.2) is 5.48 Å². The van der Waals surface area contributed by atoms with E-state index >= 15 is 0 Å². The zero-order valence-electron chi connectivity index (χ0n) is 12.4. The third-order valence-corrected chi connectivity index (χ3v) is 4.55. The van der Waals surface area contributed by atoms with Crippen LogP contribution >= 0.6 is 0 Å². The van der Waals surface area contributed by atoms with Crippen molar-refractivity contribution >= 4 is 23.3 Å². The number of carbonyl (C=O) groups excluding carboxylic acids is 1. The van der Waals surface area contributed by atoms with Crippen molar-refractivity contribution in [1.29, 1.82) is 0 Å². The Kier molecular flexibility index (Phi) is 4.80. The molecule has 2 heterocycles. The van der Waals surface area contributed by atoms with Gasteiger partial charge in [0, 0.05) is 23.9 Å². The summed E-state index contributed by atoms with van der Waals surface area (Å²) in [5.41, 5.74) is 4.04.